The van der Waals surface area contributed by atoms with Gasteiger partial charge in [0.05, 0.1) is 6.54 Å². The fraction of sp³-hybridized carbons (Fsp3) is 0.250. The molecule has 0 atom stereocenters. The van der Waals surface area contributed by atoms with Gasteiger partial charge in [-0.2, -0.15) is 8.42 Å². The molecule has 110 valence electrons. The van der Waals surface area contributed by atoms with Crippen LogP contribution in [0, 0.1) is 6.92 Å². The van der Waals surface area contributed by atoms with Gasteiger partial charge in [0, 0.05) is 4.91 Å². The van der Waals surface area contributed by atoms with Crippen molar-refractivity contribution in [1.29, 1.82) is 0 Å². The van der Waals surface area contributed by atoms with E-state index in [4.69, 9.17) is 5.53 Å². The molecule has 0 aliphatic rings. The van der Waals surface area contributed by atoms with E-state index in [-0.39, 0.29) is 62.5 Å². The predicted octanol–water partition coefficient (Wildman–Crippen LogP) is -0.543. The zero-order valence-electron chi connectivity index (χ0n) is 10.9. The molecule has 0 heterocycles. The Morgan fingerprint density at radius 2 is 1.95 bits per heavy atom. The van der Waals surface area contributed by atoms with Crippen molar-refractivity contribution in [3.05, 3.63) is 33.7 Å². The van der Waals surface area contributed by atoms with Gasteiger partial charge in [-0.3, -0.25) is 0 Å². The van der Waals surface area contributed by atoms with Gasteiger partial charge in [-0.05, 0) is 29.6 Å². The normalized spacial score (nSPS) is 11.3. The Morgan fingerprint density at radius 3 is 2.38 bits per heavy atom. The quantitative estimate of drug-likeness (QED) is 0.178. The maximum absolute atomic E-state index is 12.7. The number of hydrogen-bond acceptors (Lipinski definition) is 4. The zero-order chi connectivity index (χ0) is 15.6. The molecule has 1 aromatic rings. The van der Waals surface area contributed by atoms with Crippen molar-refractivity contribution in [3.63, 3.8) is 0 Å². The molecule has 0 aliphatic carbocycles. The van der Waals surface area contributed by atoms with Crippen LogP contribution in [0.4, 0.5) is 16.8 Å². The van der Waals surface area contributed by atoms with Crippen LogP contribution in [-0.4, -0.2) is 15.4 Å². The van der Waals surface area contributed by atoms with Crippen LogP contribution in [0.3, 0.4) is 0 Å². The van der Waals surface area contributed by atoms with Crippen LogP contribution in [0.5, 0.6) is 5.75 Å². The maximum atomic E-state index is 12.7. The van der Waals surface area contributed by atoms with Crippen molar-refractivity contribution >= 4 is 22.9 Å². The molecule has 0 radical (unpaired) electrons. The molecular weight excluding hydrogens is 344 g/mol. The summed E-state index contributed by atoms with van der Waals surface area (Å²) in [5.74, 6) is -0.799. The molecule has 21 heavy (non-hydrogen) atoms. The third-order valence-corrected chi connectivity index (χ3v) is 2.74. The van der Waals surface area contributed by atoms with Crippen molar-refractivity contribution in [2.75, 3.05) is 0 Å². The molecule has 0 bridgehead atoms. The third-order valence-electron chi connectivity index (χ3n) is 2.36. The first kappa shape index (κ1) is 20.7. The van der Waals surface area contributed by atoms with Gasteiger partial charge in [-0.1, -0.05) is 15.1 Å². The Morgan fingerprint density at radius 1 is 1.38 bits per heavy atom. The van der Waals surface area contributed by atoms with Crippen molar-refractivity contribution in [2.45, 2.75) is 13.5 Å². The summed E-state index contributed by atoms with van der Waals surface area (Å²) < 4.78 is 75.2. The Balaban J connectivity index is 0.00000400. The molecule has 6 nitrogen and oxygen atoms in total. The number of nitrogens with zero attached hydrogens (tertiary/aromatic N) is 3. The van der Waals surface area contributed by atoms with Crippen LogP contribution in [0.15, 0.2) is 17.2 Å². The Bertz CT molecular complexity index is 676. The minimum absolute atomic E-state index is 0. The summed E-state index contributed by atoms with van der Waals surface area (Å²) in [6.45, 7) is -4.69. The smallest absolute Gasteiger partial charge is 0.445 e. The van der Waals surface area contributed by atoms with Gasteiger partial charge in [-0.15, -0.1) is 5.46 Å². The molecule has 0 spiro atoms. The number of benzene rings is 1. The fourth-order valence-corrected chi connectivity index (χ4v) is 1.81. The summed E-state index contributed by atoms with van der Waals surface area (Å²) in [6, 6.07) is 1.08. The molecule has 1 rings (SSSR count). The second-order valence-corrected chi connectivity index (χ2v) is 4.70. The van der Waals surface area contributed by atoms with E-state index in [1.807, 2.05) is 0 Å². The average Bonchev–Trinajstić information content (AvgIpc) is 2.27. The summed E-state index contributed by atoms with van der Waals surface area (Å²) in [4.78, 5) is 2.38. The average molecular weight is 351 g/mol. The van der Waals surface area contributed by atoms with Gasteiger partial charge >= 0.3 is 68.9 Å². The standard InChI is InChI=1S/C8H7BF4N3O3S.K/c1-5-6(4-15-16-14)2-7(9(10,11)12)3-8(5)19-20(13,17)18;/h2-3H,4H2,1H3;/q-1;+1. The van der Waals surface area contributed by atoms with Crippen LogP contribution >= 0.6 is 0 Å². The molecule has 0 aromatic heterocycles. The van der Waals surface area contributed by atoms with Crippen molar-refractivity contribution in [3.8, 4) is 5.75 Å². The summed E-state index contributed by atoms with van der Waals surface area (Å²) in [5.41, 5.74) is 6.79. The van der Waals surface area contributed by atoms with Gasteiger partial charge in [0.25, 0.3) is 0 Å². The second kappa shape index (κ2) is 7.81. The van der Waals surface area contributed by atoms with Crippen LogP contribution in [0.1, 0.15) is 11.1 Å². The molecule has 0 aliphatic heterocycles. The minimum atomic E-state index is -5.46. The molecule has 0 saturated heterocycles. The summed E-state index contributed by atoms with van der Waals surface area (Å²) in [5, 5.41) is 3.09. The SMILES string of the molecule is Cc1c(CN=[N+]=[N-])cc([B-](F)(F)F)cc1OS(=O)(=O)F.[K+]. The Hall–Kier alpha value is -0.299. The van der Waals surface area contributed by atoms with Gasteiger partial charge < -0.3 is 17.1 Å². The number of halogens is 4. The van der Waals surface area contributed by atoms with Crippen molar-refractivity contribution < 1.29 is 80.8 Å². The molecule has 0 fully saturated rings. The first-order valence-electron chi connectivity index (χ1n) is 5.03. The van der Waals surface area contributed by atoms with Gasteiger partial charge in [0.2, 0.25) is 0 Å². The Labute approximate surface area is 160 Å². The monoisotopic (exact) mass is 351 g/mol. The predicted molar refractivity (Wildman–Crippen MR) is 63.4 cm³/mol. The number of azide groups is 1. The van der Waals surface area contributed by atoms with Gasteiger partial charge in [0.15, 0.2) is 0 Å². The van der Waals surface area contributed by atoms with E-state index < -0.39 is 35.2 Å². The van der Waals surface area contributed by atoms with E-state index in [0.29, 0.717) is 12.1 Å². The van der Waals surface area contributed by atoms with Crippen LogP contribution in [0.25, 0.3) is 10.4 Å². The first-order valence-corrected chi connectivity index (χ1v) is 6.33. The molecule has 0 N–H and O–H groups in total. The zero-order valence-corrected chi connectivity index (χ0v) is 14.9. The van der Waals surface area contributed by atoms with E-state index in [1.165, 1.54) is 6.92 Å². The van der Waals surface area contributed by atoms with E-state index in [9.17, 15) is 25.3 Å². The summed E-state index contributed by atoms with van der Waals surface area (Å²) in [6.07, 6.45) is 0. The molecular formula is C8H7BF4KN3O3S. The topological polar surface area (TPSA) is 92.1 Å². The number of hydrogen-bond donors (Lipinski definition) is 0. The fourth-order valence-electron chi connectivity index (χ4n) is 1.42. The molecule has 0 unspecified atom stereocenters. The third kappa shape index (κ3) is 6.55. The molecule has 0 amide bonds. The van der Waals surface area contributed by atoms with E-state index >= 15 is 0 Å². The summed E-state index contributed by atoms with van der Waals surface area (Å²) in [7, 11) is -5.46. The molecule has 0 saturated carbocycles. The van der Waals surface area contributed by atoms with Crippen molar-refractivity contribution in [2.24, 2.45) is 5.11 Å². The minimum Gasteiger partial charge on any atom is -0.445 e. The van der Waals surface area contributed by atoms with Crippen LogP contribution in [0.2, 0.25) is 0 Å². The van der Waals surface area contributed by atoms with Crippen LogP contribution in [-0.2, 0) is 17.0 Å². The van der Waals surface area contributed by atoms with Gasteiger partial charge in [-0.25, -0.2) is 0 Å². The number of rotatable bonds is 5. The molecule has 1 aromatic carbocycles. The largest absolute Gasteiger partial charge is 1.00 e. The van der Waals surface area contributed by atoms with Crippen LogP contribution < -0.4 is 61.0 Å². The van der Waals surface area contributed by atoms with Crippen molar-refractivity contribution in [1.82, 2.24) is 0 Å². The Kier molecular flexibility index (Phi) is 7.70. The first-order chi connectivity index (χ1) is 9.04. The summed E-state index contributed by atoms with van der Waals surface area (Å²) >= 11 is 0. The molecule has 13 heteroatoms. The van der Waals surface area contributed by atoms with Gasteiger partial charge in [0.1, 0.15) is 5.75 Å². The second-order valence-electron chi connectivity index (χ2n) is 3.74. The van der Waals surface area contributed by atoms with E-state index in [1.54, 1.807) is 0 Å². The van der Waals surface area contributed by atoms with E-state index in [0.717, 1.165) is 0 Å². The maximum Gasteiger partial charge on any atom is 1.00 e. The van der Waals surface area contributed by atoms with E-state index in [2.05, 4.69) is 14.2 Å².